The van der Waals surface area contributed by atoms with Crippen LogP contribution in [-0.2, 0) is 28.3 Å². The van der Waals surface area contributed by atoms with Crippen molar-refractivity contribution in [2.45, 2.75) is 19.4 Å². The van der Waals surface area contributed by atoms with Gasteiger partial charge in [-0.05, 0) is 6.92 Å². The predicted octanol–water partition coefficient (Wildman–Crippen LogP) is -2.24. The molecule has 0 aliphatic heterocycles. The van der Waals surface area contributed by atoms with E-state index in [4.69, 9.17) is 29.8 Å². The Kier molecular flexibility index (Phi) is 13.1. The second-order valence-corrected chi connectivity index (χ2v) is 10.5. The van der Waals surface area contributed by atoms with Gasteiger partial charge in [0.05, 0.1) is 13.1 Å². The van der Waals surface area contributed by atoms with Gasteiger partial charge >= 0.3 is 33.1 Å². The number of carboxylic acid groups (broad SMARTS) is 3. The van der Waals surface area contributed by atoms with Crippen LogP contribution in [0.2, 0.25) is 0 Å². The molecular weight excluding hydrogens is 492 g/mol. The topological polar surface area (TPSA) is 254 Å². The van der Waals surface area contributed by atoms with Crippen LogP contribution in [0.25, 0.3) is 0 Å². The number of carboxylic acids is 3. The third-order valence-electron chi connectivity index (χ3n) is 4.10. The van der Waals surface area contributed by atoms with E-state index in [2.05, 4.69) is 0 Å². The minimum Gasteiger partial charge on any atom is -0.480 e. The number of nitrogens with zero attached hydrogens (tertiary/aromatic N) is 3. The summed E-state index contributed by atoms with van der Waals surface area (Å²) in [4.78, 5) is 84.7. The normalized spacial score (nSPS) is 13.5. The minimum absolute atomic E-state index is 0.297. The molecular formula is C15H29N3O13P2. The molecule has 0 amide bonds. The van der Waals surface area contributed by atoms with Gasteiger partial charge in [-0.3, -0.25) is 43.0 Å². The summed E-state index contributed by atoms with van der Waals surface area (Å²) in [5.74, 6) is -4.75. The number of ketones is 1. The average Bonchev–Trinajstić information content (AvgIpc) is 2.55. The van der Waals surface area contributed by atoms with Crippen molar-refractivity contribution in [1.82, 2.24) is 14.7 Å². The van der Waals surface area contributed by atoms with Crippen LogP contribution in [0.1, 0.15) is 13.3 Å². The first kappa shape index (κ1) is 31.3. The Hall–Kier alpha value is -1.74. The number of hydrogen-bond donors (Lipinski definition) is 7. The highest BCUT2D eigenvalue weighted by molar-refractivity contribution is 7.51. The molecule has 0 heterocycles. The fourth-order valence-corrected chi connectivity index (χ4v) is 4.44. The summed E-state index contributed by atoms with van der Waals surface area (Å²) in [5, 5.41) is 27.4. The quantitative estimate of drug-likeness (QED) is 0.0941. The molecule has 0 radical (unpaired) electrons. The summed E-state index contributed by atoms with van der Waals surface area (Å²) < 4.78 is 22.6. The molecule has 1 unspecified atom stereocenters. The van der Waals surface area contributed by atoms with E-state index < -0.39 is 77.0 Å². The molecule has 0 aromatic heterocycles. The van der Waals surface area contributed by atoms with Gasteiger partial charge in [-0.15, -0.1) is 0 Å². The lowest BCUT2D eigenvalue weighted by molar-refractivity contribution is -0.146. The van der Waals surface area contributed by atoms with Crippen molar-refractivity contribution in [3.05, 3.63) is 0 Å². The van der Waals surface area contributed by atoms with E-state index in [1.165, 1.54) is 0 Å². The highest BCUT2D eigenvalue weighted by atomic mass is 31.2. The third kappa shape index (κ3) is 16.5. The number of rotatable bonds is 18. The van der Waals surface area contributed by atoms with Crippen LogP contribution in [0.3, 0.4) is 0 Å². The lowest BCUT2D eigenvalue weighted by Crippen LogP contribution is -2.49. The molecule has 7 N–H and O–H groups in total. The van der Waals surface area contributed by atoms with Crippen LogP contribution in [0.15, 0.2) is 0 Å². The summed E-state index contributed by atoms with van der Waals surface area (Å²) in [6, 6.07) is -1.45. The highest BCUT2D eigenvalue weighted by Crippen LogP contribution is 2.35. The fourth-order valence-electron chi connectivity index (χ4n) is 2.91. The van der Waals surface area contributed by atoms with E-state index in [9.17, 15) is 33.4 Å². The molecule has 33 heavy (non-hydrogen) atoms. The van der Waals surface area contributed by atoms with E-state index in [-0.39, 0.29) is 26.2 Å². The Morgan fingerprint density at radius 3 is 1.33 bits per heavy atom. The molecule has 0 fully saturated rings. The van der Waals surface area contributed by atoms with E-state index in [1.54, 1.807) is 0 Å². The van der Waals surface area contributed by atoms with Gasteiger partial charge in [0.25, 0.3) is 0 Å². The third-order valence-corrected chi connectivity index (χ3v) is 5.64. The molecule has 0 spiro atoms. The van der Waals surface area contributed by atoms with Crippen LogP contribution >= 0.6 is 15.2 Å². The lowest BCUT2D eigenvalue weighted by atomic mass is 10.1. The zero-order chi connectivity index (χ0) is 26.0. The molecule has 0 saturated heterocycles. The molecule has 0 rings (SSSR count). The summed E-state index contributed by atoms with van der Waals surface area (Å²) in [7, 11) is -9.32. The monoisotopic (exact) mass is 521 g/mol. The standard InChI is InChI=1S/C15H29N3O13P2/c1-11(19)6-12(15(24)25)18(4-2-16(7-13(20)21)9-32(26,27)28)5-3-17(8-14(22)23)10-33(29,30)31/h12H,2-10H2,1H3,(H,20,21)(H,22,23)(H,24,25)(H2,26,27,28)(H2,29,30,31). The molecule has 18 heteroatoms. The maximum absolute atomic E-state index is 11.7. The summed E-state index contributed by atoms with van der Waals surface area (Å²) in [5.41, 5.74) is 0. The second kappa shape index (κ2) is 13.8. The van der Waals surface area contributed by atoms with Crippen molar-refractivity contribution in [2.24, 2.45) is 0 Å². The molecule has 0 aliphatic carbocycles. The van der Waals surface area contributed by atoms with Gasteiger partial charge in [0.1, 0.15) is 24.4 Å². The number of hydrogen-bond acceptors (Lipinski definition) is 9. The first-order valence-electron chi connectivity index (χ1n) is 9.33. The second-order valence-electron chi connectivity index (χ2n) is 7.30. The Balaban J connectivity index is 5.68. The van der Waals surface area contributed by atoms with Crippen LogP contribution < -0.4 is 0 Å². The Bertz CT molecular complexity index is 748. The van der Waals surface area contributed by atoms with Gasteiger partial charge in [-0.1, -0.05) is 0 Å². The number of aliphatic carboxylic acids is 3. The number of carbonyl (C=O) groups excluding carboxylic acids is 1. The zero-order valence-corrected chi connectivity index (χ0v) is 19.5. The van der Waals surface area contributed by atoms with Crippen LogP contribution in [-0.4, -0.2) is 131 Å². The average molecular weight is 521 g/mol. The fraction of sp³-hybridized carbons (Fsp3) is 0.733. The Morgan fingerprint density at radius 2 is 1.09 bits per heavy atom. The SMILES string of the molecule is CC(=O)CC(C(=O)O)N(CCN(CC(=O)O)CP(=O)(O)O)CCN(CC(=O)O)CP(=O)(O)O. The van der Waals surface area contributed by atoms with E-state index in [0.29, 0.717) is 0 Å². The summed E-state index contributed by atoms with van der Waals surface area (Å²) >= 11 is 0. The molecule has 1 atom stereocenters. The molecule has 0 aromatic carbocycles. The molecule has 0 saturated carbocycles. The zero-order valence-electron chi connectivity index (χ0n) is 17.8. The number of Topliss-reactive ketones (excluding diaryl/α,β-unsaturated/α-hetero) is 1. The Labute approximate surface area is 188 Å². The predicted molar refractivity (Wildman–Crippen MR) is 111 cm³/mol. The van der Waals surface area contributed by atoms with Crippen LogP contribution in [0.4, 0.5) is 0 Å². The van der Waals surface area contributed by atoms with Crippen molar-refractivity contribution in [3.63, 3.8) is 0 Å². The van der Waals surface area contributed by atoms with E-state index in [0.717, 1.165) is 21.6 Å². The Morgan fingerprint density at radius 1 is 0.727 bits per heavy atom. The molecule has 0 aliphatic rings. The first-order valence-corrected chi connectivity index (χ1v) is 12.9. The molecule has 16 nitrogen and oxygen atoms in total. The van der Waals surface area contributed by atoms with Crippen LogP contribution in [0.5, 0.6) is 0 Å². The van der Waals surface area contributed by atoms with Crippen molar-refractivity contribution < 1.29 is 63.2 Å². The highest BCUT2D eigenvalue weighted by Gasteiger charge is 2.30. The van der Waals surface area contributed by atoms with Gasteiger partial charge in [-0.2, -0.15) is 0 Å². The lowest BCUT2D eigenvalue weighted by Gasteiger charge is -2.32. The molecule has 0 bridgehead atoms. The van der Waals surface area contributed by atoms with Crippen molar-refractivity contribution in [1.29, 1.82) is 0 Å². The minimum atomic E-state index is -4.66. The van der Waals surface area contributed by atoms with Gasteiger partial charge in [0, 0.05) is 32.6 Å². The maximum Gasteiger partial charge on any atom is 0.339 e. The molecule has 192 valence electrons. The first-order chi connectivity index (χ1) is 14.9. The van der Waals surface area contributed by atoms with Crippen molar-refractivity contribution in [2.75, 3.05) is 51.8 Å². The largest absolute Gasteiger partial charge is 0.480 e. The van der Waals surface area contributed by atoms with Gasteiger partial charge in [-0.25, -0.2) is 0 Å². The summed E-state index contributed by atoms with van der Waals surface area (Å²) in [6.45, 7) is -1.68. The van der Waals surface area contributed by atoms with Crippen molar-refractivity contribution >= 4 is 38.9 Å². The van der Waals surface area contributed by atoms with Crippen LogP contribution in [0, 0.1) is 0 Å². The van der Waals surface area contributed by atoms with E-state index in [1.807, 2.05) is 0 Å². The smallest absolute Gasteiger partial charge is 0.339 e. The van der Waals surface area contributed by atoms with Crippen molar-refractivity contribution in [3.8, 4) is 0 Å². The number of carbonyl (C=O) groups is 4. The van der Waals surface area contributed by atoms with Gasteiger partial charge < -0.3 is 34.9 Å². The van der Waals surface area contributed by atoms with E-state index >= 15 is 0 Å². The summed E-state index contributed by atoms with van der Waals surface area (Å²) in [6.07, 6.45) is -2.34. The maximum atomic E-state index is 11.7. The molecule has 0 aromatic rings. The van der Waals surface area contributed by atoms with Gasteiger partial charge in [0.2, 0.25) is 0 Å². The van der Waals surface area contributed by atoms with Gasteiger partial charge in [0.15, 0.2) is 0 Å².